The first kappa shape index (κ1) is 85.4. The summed E-state index contributed by atoms with van der Waals surface area (Å²) in [6, 6.07) is 19.4. The van der Waals surface area contributed by atoms with E-state index in [1.54, 1.807) is 135 Å². The number of phenols is 1. The number of amides is 11. The highest BCUT2D eigenvalue weighted by Gasteiger charge is 2.39. The van der Waals surface area contributed by atoms with E-state index in [1.807, 2.05) is 0 Å². The summed E-state index contributed by atoms with van der Waals surface area (Å²) in [6.45, 7) is 3.50. The fourth-order valence-electron chi connectivity index (χ4n) is 12.0. The molecule has 11 atom stereocenters. The molecule has 22 N–H and O–H groups in total. The molecule has 111 heavy (non-hydrogen) atoms. The molecule has 11 amide bonds. The van der Waals surface area contributed by atoms with Crippen LogP contribution in [0.1, 0.15) is 92.3 Å². The summed E-state index contributed by atoms with van der Waals surface area (Å²) in [6.07, 6.45) is 0.0878. The van der Waals surface area contributed by atoms with E-state index >= 15 is 14.4 Å². The molecule has 34 nitrogen and oxygen atoms in total. The standard InChI is InChI=1S/C77H94N16O18/c1-43(2)66(76(109)85-55(77(110)111)24-14-15-31-78)93-75(108)58(34-46-20-10-5-11-21-46)89-71(104)59(36-48-40-82-53-23-13-12-22-51(48)53)90-74(107)62(39-65(98)99)92-70(103)57(35-47-25-27-50(94)28-26-47)87-69(102)56(33-45-18-8-4-9-19-45)88-73(106)61(38-63(80)95)91-68(101)54(29-30-64(96)97)84-72(105)60(37-49-41-81-42-83-49)86-67(100)52(79)32-44-16-6-3-7-17-44/h3-13,16-23,25-28,40-43,52,54-62,66,82,94H,14-15,24,29-39,78-79H2,1-2H3,(H2,80,95)(H,81,83)(H,84,105)(H,85,109)(H,86,100)(H,87,102)(H,88,106)(H,89,104)(H,90,107)(H,91,101)(H,92,103)(H,93,108)(H,96,97)(H,98,99)(H,110,111)/t52-,54-,55-,56-,57-,58-,59-,60-,61-,62-,66-/m0/s1. The maximum atomic E-state index is 15.1. The van der Waals surface area contributed by atoms with Gasteiger partial charge in [-0.25, -0.2) is 9.78 Å². The molecule has 590 valence electrons. The lowest BCUT2D eigenvalue weighted by atomic mass is 9.99. The van der Waals surface area contributed by atoms with E-state index in [2.05, 4.69) is 68.1 Å². The van der Waals surface area contributed by atoms with E-state index in [9.17, 15) is 73.2 Å². The number of rotatable bonds is 45. The van der Waals surface area contributed by atoms with Crippen LogP contribution in [-0.4, -0.2) is 191 Å². The summed E-state index contributed by atoms with van der Waals surface area (Å²) in [5, 5.41) is 66.2. The van der Waals surface area contributed by atoms with Crippen LogP contribution >= 0.6 is 0 Å². The lowest BCUT2D eigenvalue weighted by molar-refractivity contribution is -0.143. The van der Waals surface area contributed by atoms with E-state index in [1.165, 1.54) is 36.8 Å². The third kappa shape index (κ3) is 27.7. The number of hydrogen-bond donors (Lipinski definition) is 19. The fraction of sp³-hybridized carbons (Fsp3) is 0.364. The van der Waals surface area contributed by atoms with Crippen LogP contribution in [0.4, 0.5) is 0 Å². The molecule has 0 aliphatic rings. The Morgan fingerprint density at radius 1 is 0.423 bits per heavy atom. The number of H-pyrrole nitrogens is 2. The van der Waals surface area contributed by atoms with Gasteiger partial charge in [0.15, 0.2) is 0 Å². The number of imidazole rings is 1. The number of para-hydroxylation sites is 1. The molecule has 0 saturated heterocycles. The number of aromatic nitrogens is 3. The Morgan fingerprint density at radius 2 is 0.847 bits per heavy atom. The van der Waals surface area contributed by atoms with Gasteiger partial charge < -0.3 is 101 Å². The molecule has 2 heterocycles. The van der Waals surface area contributed by atoms with E-state index in [0.717, 1.165) is 0 Å². The molecule has 7 rings (SSSR count). The van der Waals surface area contributed by atoms with Gasteiger partial charge in [-0.3, -0.25) is 62.3 Å². The minimum absolute atomic E-state index is 0.0397. The lowest BCUT2D eigenvalue weighted by Gasteiger charge is -2.29. The van der Waals surface area contributed by atoms with Crippen molar-refractivity contribution in [2.45, 2.75) is 164 Å². The number of nitrogens with two attached hydrogens (primary N) is 3. The van der Waals surface area contributed by atoms with Crippen molar-refractivity contribution in [2.75, 3.05) is 6.54 Å². The second-order valence-electron chi connectivity index (χ2n) is 27.0. The molecule has 34 heteroatoms. The molecule has 0 fully saturated rings. The van der Waals surface area contributed by atoms with Gasteiger partial charge in [0, 0.05) is 67.5 Å². The highest BCUT2D eigenvalue weighted by atomic mass is 16.4. The van der Waals surface area contributed by atoms with Gasteiger partial charge in [0.1, 0.15) is 66.2 Å². The molecule has 0 bridgehead atoms. The van der Waals surface area contributed by atoms with E-state index in [-0.39, 0.29) is 56.4 Å². The zero-order valence-electron chi connectivity index (χ0n) is 61.0. The van der Waals surface area contributed by atoms with Crippen molar-refractivity contribution < 1.29 is 87.5 Å². The van der Waals surface area contributed by atoms with Gasteiger partial charge in [-0.2, -0.15) is 0 Å². The van der Waals surface area contributed by atoms with E-state index < -0.39 is 187 Å². The Balaban J connectivity index is 1.16. The predicted octanol–water partition coefficient (Wildman–Crippen LogP) is -0.388. The maximum absolute atomic E-state index is 15.1. The zero-order valence-corrected chi connectivity index (χ0v) is 61.0. The van der Waals surface area contributed by atoms with Crippen LogP contribution in [0.15, 0.2) is 158 Å². The predicted molar refractivity (Wildman–Crippen MR) is 402 cm³/mol. The number of aliphatic carboxylic acids is 3. The molecular formula is C77H94N16O18. The Bertz CT molecular complexity index is 4340. The average Bonchev–Trinajstić information content (AvgIpc) is 1.71. The summed E-state index contributed by atoms with van der Waals surface area (Å²) < 4.78 is 0. The molecule has 0 aliphatic carbocycles. The summed E-state index contributed by atoms with van der Waals surface area (Å²) in [5.41, 5.74) is 20.8. The normalized spacial score (nSPS) is 14.1. The largest absolute Gasteiger partial charge is 0.508 e. The zero-order chi connectivity index (χ0) is 80.7. The quantitative estimate of drug-likeness (QED) is 0.0216. The second-order valence-corrected chi connectivity index (χ2v) is 27.0. The monoisotopic (exact) mass is 1530 g/mol. The number of aromatic hydroxyl groups is 1. The summed E-state index contributed by atoms with van der Waals surface area (Å²) >= 11 is 0. The first-order valence-corrected chi connectivity index (χ1v) is 35.9. The van der Waals surface area contributed by atoms with Gasteiger partial charge in [-0.15, -0.1) is 0 Å². The number of primary amides is 1. The van der Waals surface area contributed by atoms with Gasteiger partial charge in [0.2, 0.25) is 65.0 Å². The Hall–Kier alpha value is -12.8. The van der Waals surface area contributed by atoms with Crippen LogP contribution in [0.5, 0.6) is 5.75 Å². The third-order valence-corrected chi connectivity index (χ3v) is 18.0. The van der Waals surface area contributed by atoms with Gasteiger partial charge in [0.05, 0.1) is 25.2 Å². The number of fused-ring (bicyclic) bond motifs is 1. The average molecular weight is 1530 g/mol. The van der Waals surface area contributed by atoms with Gasteiger partial charge >= 0.3 is 17.9 Å². The fourth-order valence-corrected chi connectivity index (χ4v) is 12.0. The van der Waals surface area contributed by atoms with Gasteiger partial charge in [-0.1, -0.05) is 135 Å². The van der Waals surface area contributed by atoms with Crippen molar-refractivity contribution in [1.29, 1.82) is 0 Å². The van der Waals surface area contributed by atoms with Crippen molar-refractivity contribution in [3.8, 4) is 5.75 Å². The Kier molecular flexibility index (Phi) is 32.8. The van der Waals surface area contributed by atoms with Crippen LogP contribution in [0.2, 0.25) is 0 Å². The minimum Gasteiger partial charge on any atom is -0.508 e. The molecule has 2 aromatic heterocycles. The summed E-state index contributed by atoms with van der Waals surface area (Å²) in [7, 11) is 0. The third-order valence-electron chi connectivity index (χ3n) is 18.0. The van der Waals surface area contributed by atoms with Crippen molar-refractivity contribution in [1.82, 2.24) is 68.1 Å². The number of carboxylic acid groups (broad SMARTS) is 3. The highest BCUT2D eigenvalue weighted by molar-refractivity contribution is 6.01. The number of nitrogens with zero attached hydrogens (tertiary/aromatic N) is 1. The SMILES string of the molecule is CC(C)[C@H](NC(=O)[C@H](Cc1ccccc1)NC(=O)[C@H](Cc1c[nH]c2ccccc12)NC(=O)[C@H](CC(=O)O)NC(=O)[C@H](Cc1ccc(O)cc1)NC(=O)[C@H](Cc1ccccc1)NC(=O)[C@H](CC(N)=O)NC(=O)[C@H](CCC(=O)O)NC(=O)[C@H](Cc1cnc[nH]1)NC(=O)[C@@H](N)Cc1ccccc1)C(=O)N[C@@H](CCCCN)C(=O)O. The number of benzene rings is 5. The Morgan fingerprint density at radius 3 is 1.32 bits per heavy atom. The van der Waals surface area contributed by atoms with Gasteiger partial charge in [-0.05, 0) is 90.6 Å². The van der Waals surface area contributed by atoms with Crippen molar-refractivity contribution >= 4 is 93.8 Å². The minimum atomic E-state index is -2.07. The number of phenolic OH excluding ortho intramolecular Hbond substituents is 1. The van der Waals surface area contributed by atoms with Crippen LogP contribution in [-0.2, 0) is 106 Å². The maximum Gasteiger partial charge on any atom is 0.326 e. The van der Waals surface area contributed by atoms with Gasteiger partial charge in [0.25, 0.3) is 0 Å². The first-order chi connectivity index (χ1) is 53.0. The molecule has 0 spiro atoms. The first-order valence-electron chi connectivity index (χ1n) is 35.9. The highest BCUT2D eigenvalue weighted by Crippen LogP contribution is 2.21. The summed E-state index contributed by atoms with van der Waals surface area (Å²) in [4.78, 5) is 205. The molecule has 0 aliphatic heterocycles. The molecule has 5 aromatic carbocycles. The molecule has 0 radical (unpaired) electrons. The number of carbonyl (C=O) groups is 14. The summed E-state index contributed by atoms with van der Waals surface area (Å²) in [5.74, 6) is -17.0. The van der Waals surface area contributed by atoms with Crippen molar-refractivity contribution in [3.05, 3.63) is 192 Å². The van der Waals surface area contributed by atoms with E-state index in [4.69, 9.17) is 17.2 Å². The smallest absolute Gasteiger partial charge is 0.326 e. The number of carbonyl (C=O) groups excluding carboxylic acids is 11. The number of unbranched alkanes of at least 4 members (excludes halogenated alkanes) is 1. The van der Waals surface area contributed by atoms with Crippen molar-refractivity contribution in [3.63, 3.8) is 0 Å². The Labute approximate surface area is 637 Å². The molecule has 0 unspecified atom stereocenters. The molecular weight excluding hydrogens is 1440 g/mol. The topological polar surface area (TPSA) is 563 Å². The second kappa shape index (κ2) is 42.6. The van der Waals surface area contributed by atoms with Crippen molar-refractivity contribution in [2.24, 2.45) is 23.1 Å². The molecule has 0 saturated carbocycles. The lowest BCUT2D eigenvalue weighted by Crippen LogP contribution is -2.62. The number of carboxylic acids is 3. The van der Waals surface area contributed by atoms with E-state index in [0.29, 0.717) is 51.7 Å². The number of hydrogen-bond acceptors (Lipinski definition) is 18. The van der Waals surface area contributed by atoms with Crippen LogP contribution in [0.3, 0.4) is 0 Å². The van der Waals surface area contributed by atoms with Crippen LogP contribution in [0, 0.1) is 5.92 Å². The molecule has 7 aromatic rings. The van der Waals surface area contributed by atoms with Crippen LogP contribution < -0.4 is 70.4 Å². The van der Waals surface area contributed by atoms with Crippen LogP contribution in [0.25, 0.3) is 10.9 Å². The number of nitrogens with one attached hydrogen (secondary N) is 12. The number of aromatic amines is 2.